The fraction of sp³-hybridized carbons (Fsp3) is 0.118. The summed E-state index contributed by atoms with van der Waals surface area (Å²) in [5.74, 6) is 0.0684. The molecule has 6 nitrogen and oxygen atoms in total. The van der Waals surface area contributed by atoms with Gasteiger partial charge in [0.1, 0.15) is 17.1 Å². The highest BCUT2D eigenvalue weighted by molar-refractivity contribution is 8.01. The molecular formula is C17H15N3O3S2. The number of aromatic carboxylic acids is 1. The molecule has 0 aliphatic rings. The minimum Gasteiger partial charge on any atom is -0.496 e. The van der Waals surface area contributed by atoms with Crippen LogP contribution in [0.25, 0.3) is 0 Å². The van der Waals surface area contributed by atoms with Crippen molar-refractivity contribution in [3.63, 3.8) is 0 Å². The van der Waals surface area contributed by atoms with Crippen LogP contribution in [-0.2, 0) is 0 Å². The van der Waals surface area contributed by atoms with Gasteiger partial charge in [0.05, 0.1) is 17.5 Å². The maximum absolute atomic E-state index is 11.4. The van der Waals surface area contributed by atoms with Crippen LogP contribution in [0.2, 0.25) is 0 Å². The topological polar surface area (TPSA) is 84.3 Å². The van der Waals surface area contributed by atoms with Gasteiger partial charge in [-0.15, -0.1) is 0 Å². The number of carbonyl (C=O) groups is 1. The van der Waals surface area contributed by atoms with Gasteiger partial charge >= 0.3 is 5.97 Å². The molecule has 0 saturated carbocycles. The molecule has 0 spiro atoms. The zero-order chi connectivity index (χ0) is 17.8. The number of hydrogen-bond acceptors (Lipinski definition) is 7. The van der Waals surface area contributed by atoms with E-state index in [1.165, 1.54) is 30.2 Å². The van der Waals surface area contributed by atoms with Crippen LogP contribution in [0.5, 0.6) is 5.75 Å². The summed E-state index contributed by atoms with van der Waals surface area (Å²) in [7, 11) is 1.47. The molecule has 0 unspecified atom stereocenters. The van der Waals surface area contributed by atoms with Gasteiger partial charge in [-0.3, -0.25) is 0 Å². The van der Waals surface area contributed by atoms with Gasteiger partial charge in [0, 0.05) is 11.1 Å². The van der Waals surface area contributed by atoms with Crippen molar-refractivity contribution in [3.05, 3.63) is 53.9 Å². The molecule has 1 aromatic carbocycles. The summed E-state index contributed by atoms with van der Waals surface area (Å²) in [6, 6.07) is 8.97. The van der Waals surface area contributed by atoms with Gasteiger partial charge < -0.3 is 15.2 Å². The molecule has 0 aliphatic heterocycles. The number of rotatable bonds is 6. The minimum absolute atomic E-state index is 0.145. The predicted molar refractivity (Wildman–Crippen MR) is 98.4 cm³/mol. The molecule has 0 fully saturated rings. The molecule has 3 rings (SSSR count). The Balaban J connectivity index is 1.81. The summed E-state index contributed by atoms with van der Waals surface area (Å²) in [6.45, 7) is 1.92. The lowest BCUT2D eigenvalue weighted by Gasteiger charge is -2.10. The Morgan fingerprint density at radius 1 is 1.32 bits per heavy atom. The molecule has 2 N–H and O–H groups in total. The number of thiazole rings is 1. The van der Waals surface area contributed by atoms with Gasteiger partial charge in [-0.2, -0.15) is 0 Å². The number of nitrogens with zero attached hydrogens (tertiary/aromatic N) is 2. The van der Waals surface area contributed by atoms with E-state index in [0.29, 0.717) is 5.75 Å². The normalized spacial score (nSPS) is 10.5. The highest BCUT2D eigenvalue weighted by Crippen LogP contribution is 2.38. The molecule has 0 saturated heterocycles. The van der Waals surface area contributed by atoms with Crippen molar-refractivity contribution in [3.8, 4) is 5.75 Å². The fourth-order valence-corrected chi connectivity index (χ4v) is 4.08. The Morgan fingerprint density at radius 2 is 2.16 bits per heavy atom. The fourth-order valence-electron chi connectivity index (χ4n) is 2.13. The molecule has 25 heavy (non-hydrogen) atoms. The van der Waals surface area contributed by atoms with Crippen molar-refractivity contribution >= 4 is 40.0 Å². The molecule has 128 valence electrons. The molecule has 0 bridgehead atoms. The van der Waals surface area contributed by atoms with Crippen molar-refractivity contribution in [2.75, 3.05) is 12.4 Å². The Morgan fingerprint density at radius 3 is 2.84 bits per heavy atom. The maximum atomic E-state index is 11.4. The second-order valence-corrected chi connectivity index (χ2v) is 7.42. The number of aryl methyl sites for hydroxylation is 1. The number of hydrogen-bond donors (Lipinski definition) is 2. The van der Waals surface area contributed by atoms with Gasteiger partial charge in [-0.25, -0.2) is 14.8 Å². The van der Waals surface area contributed by atoms with E-state index in [9.17, 15) is 9.90 Å². The number of pyridine rings is 1. The van der Waals surface area contributed by atoms with Crippen LogP contribution in [0, 0.1) is 6.92 Å². The smallest absolute Gasteiger partial charge is 0.339 e. The molecule has 0 amide bonds. The molecule has 8 heteroatoms. The van der Waals surface area contributed by atoms with Crippen LogP contribution in [0.15, 0.2) is 51.8 Å². The van der Waals surface area contributed by atoms with Crippen molar-refractivity contribution < 1.29 is 14.6 Å². The minimum atomic E-state index is -1.01. The first kappa shape index (κ1) is 17.2. The third-order valence-corrected chi connectivity index (χ3v) is 5.50. The van der Waals surface area contributed by atoms with Gasteiger partial charge in [0.25, 0.3) is 0 Å². The first-order chi connectivity index (χ1) is 12.1. The van der Waals surface area contributed by atoms with E-state index < -0.39 is 5.97 Å². The molecule has 2 aromatic heterocycles. The number of methoxy groups -OCH3 is 1. The zero-order valence-electron chi connectivity index (χ0n) is 13.5. The van der Waals surface area contributed by atoms with E-state index in [-0.39, 0.29) is 5.56 Å². The van der Waals surface area contributed by atoms with Crippen LogP contribution in [0.1, 0.15) is 15.9 Å². The maximum Gasteiger partial charge on any atom is 0.339 e. The number of anilines is 2. The SMILES string of the molecule is COc1cc(C)c(Sc2cnc(Nc3ccccn3)s2)cc1C(=O)O. The molecule has 0 atom stereocenters. The van der Waals surface area contributed by atoms with Gasteiger partial charge in [-0.1, -0.05) is 29.2 Å². The third-order valence-electron chi connectivity index (χ3n) is 3.32. The second kappa shape index (κ2) is 7.54. The molecule has 2 heterocycles. The molecule has 3 aromatic rings. The van der Waals surface area contributed by atoms with E-state index in [1.54, 1.807) is 24.5 Å². The summed E-state index contributed by atoms with van der Waals surface area (Å²) >= 11 is 2.95. The lowest BCUT2D eigenvalue weighted by Crippen LogP contribution is -2.01. The Labute approximate surface area is 152 Å². The third kappa shape index (κ3) is 4.09. The summed E-state index contributed by atoms with van der Waals surface area (Å²) in [5.41, 5.74) is 1.09. The van der Waals surface area contributed by atoms with Gasteiger partial charge in [0.2, 0.25) is 0 Å². The van der Waals surface area contributed by atoms with Crippen molar-refractivity contribution in [1.82, 2.24) is 9.97 Å². The van der Waals surface area contributed by atoms with E-state index in [2.05, 4.69) is 15.3 Å². The lowest BCUT2D eigenvalue weighted by atomic mass is 10.1. The van der Waals surface area contributed by atoms with Crippen LogP contribution in [0.4, 0.5) is 10.9 Å². The first-order valence-corrected chi connectivity index (χ1v) is 8.94. The molecule has 0 aliphatic carbocycles. The number of ether oxygens (including phenoxy) is 1. The Bertz CT molecular complexity index is 897. The van der Waals surface area contributed by atoms with E-state index in [4.69, 9.17) is 4.74 Å². The zero-order valence-corrected chi connectivity index (χ0v) is 15.1. The quantitative estimate of drug-likeness (QED) is 0.660. The van der Waals surface area contributed by atoms with Crippen molar-refractivity contribution in [2.24, 2.45) is 0 Å². The highest BCUT2D eigenvalue weighted by Gasteiger charge is 2.15. The summed E-state index contributed by atoms with van der Waals surface area (Å²) in [4.78, 5) is 20.8. The summed E-state index contributed by atoms with van der Waals surface area (Å²) in [6.07, 6.45) is 3.46. The summed E-state index contributed by atoms with van der Waals surface area (Å²) in [5, 5.41) is 13.2. The average molecular weight is 373 g/mol. The van der Waals surface area contributed by atoms with Crippen LogP contribution in [0.3, 0.4) is 0 Å². The van der Waals surface area contributed by atoms with Gasteiger partial charge in [-0.05, 0) is 36.8 Å². The summed E-state index contributed by atoms with van der Waals surface area (Å²) < 4.78 is 6.09. The van der Waals surface area contributed by atoms with Crippen molar-refractivity contribution in [1.29, 1.82) is 0 Å². The number of carboxylic acids is 1. The highest BCUT2D eigenvalue weighted by atomic mass is 32.2. The largest absolute Gasteiger partial charge is 0.496 e. The molecule has 0 radical (unpaired) electrons. The number of benzene rings is 1. The van der Waals surface area contributed by atoms with Crippen LogP contribution < -0.4 is 10.1 Å². The number of aromatic nitrogens is 2. The molecular weight excluding hydrogens is 358 g/mol. The van der Waals surface area contributed by atoms with E-state index in [1.807, 2.05) is 25.1 Å². The second-order valence-electron chi connectivity index (χ2n) is 5.05. The Kier molecular flexibility index (Phi) is 5.20. The standard InChI is InChI=1S/C17H15N3O3S2/c1-10-7-12(23-2)11(16(21)22)8-13(10)24-15-9-19-17(25-15)20-14-5-3-4-6-18-14/h3-9H,1-2H3,(H,21,22)(H,18,19,20). The predicted octanol–water partition coefficient (Wildman–Crippen LogP) is 4.45. The average Bonchev–Trinajstić information content (AvgIpc) is 3.04. The first-order valence-electron chi connectivity index (χ1n) is 7.30. The Hall–Kier alpha value is -2.58. The van der Waals surface area contributed by atoms with E-state index in [0.717, 1.165) is 25.6 Å². The van der Waals surface area contributed by atoms with Crippen molar-refractivity contribution in [2.45, 2.75) is 16.0 Å². The van der Waals surface area contributed by atoms with Crippen LogP contribution in [-0.4, -0.2) is 28.2 Å². The monoisotopic (exact) mass is 373 g/mol. The van der Waals surface area contributed by atoms with E-state index >= 15 is 0 Å². The van der Waals surface area contributed by atoms with Gasteiger partial charge in [0.15, 0.2) is 5.13 Å². The van der Waals surface area contributed by atoms with Crippen LogP contribution >= 0.6 is 23.1 Å². The number of nitrogens with one attached hydrogen (secondary N) is 1. The number of carboxylic acid groups (broad SMARTS) is 1. The lowest BCUT2D eigenvalue weighted by molar-refractivity contribution is 0.0693.